The van der Waals surface area contributed by atoms with Crippen molar-refractivity contribution in [3.63, 3.8) is 0 Å². The number of carbonyl (C=O) groups is 1. The lowest BCUT2D eigenvalue weighted by molar-refractivity contribution is -0.402. The van der Waals surface area contributed by atoms with Crippen molar-refractivity contribution in [2.45, 2.75) is 19.8 Å². The molecule has 10 heteroatoms. The molecular weight excluding hydrogens is 388 g/mol. The molecule has 0 spiro atoms. The highest BCUT2D eigenvalue weighted by Crippen LogP contribution is 2.23. The van der Waals surface area contributed by atoms with E-state index in [4.69, 9.17) is 4.42 Å². The standard InChI is InChI=1S/C20H20N6O4/c1-13-12-17(25-10-2-3-11-25)24-20(21-13)23-15-6-4-14(5-7-15)22-19(27)16-8-9-18(30-16)26(28)29/h4-9,12H,2-3,10-11H2,1H3,(H,22,27)(H,21,23,24). The summed E-state index contributed by atoms with van der Waals surface area (Å²) in [5.74, 6) is 0.245. The van der Waals surface area contributed by atoms with E-state index in [2.05, 4.69) is 25.5 Å². The summed E-state index contributed by atoms with van der Waals surface area (Å²) in [5.41, 5.74) is 2.16. The average molecular weight is 408 g/mol. The summed E-state index contributed by atoms with van der Waals surface area (Å²) in [7, 11) is 0. The Morgan fingerprint density at radius 2 is 1.80 bits per heavy atom. The van der Waals surface area contributed by atoms with Crippen LogP contribution in [0.5, 0.6) is 0 Å². The molecule has 2 aromatic heterocycles. The smallest absolute Gasteiger partial charge is 0.395 e. The van der Waals surface area contributed by atoms with Crippen LogP contribution in [0.2, 0.25) is 0 Å². The van der Waals surface area contributed by atoms with Crippen molar-refractivity contribution in [3.8, 4) is 0 Å². The monoisotopic (exact) mass is 408 g/mol. The molecule has 1 fully saturated rings. The van der Waals surface area contributed by atoms with Crippen LogP contribution in [0.1, 0.15) is 29.1 Å². The van der Waals surface area contributed by atoms with Gasteiger partial charge in [-0.2, -0.15) is 4.98 Å². The number of anilines is 4. The molecule has 1 saturated heterocycles. The molecule has 3 heterocycles. The number of aryl methyl sites for hydroxylation is 1. The second-order valence-corrected chi connectivity index (χ2v) is 6.94. The van der Waals surface area contributed by atoms with E-state index in [1.807, 2.05) is 13.0 Å². The molecule has 0 aliphatic carbocycles. The number of nitrogens with zero attached hydrogens (tertiary/aromatic N) is 4. The number of benzene rings is 1. The van der Waals surface area contributed by atoms with Crippen LogP contribution in [0.15, 0.2) is 46.9 Å². The molecule has 0 atom stereocenters. The number of rotatable bonds is 6. The minimum Gasteiger partial charge on any atom is -0.395 e. The lowest BCUT2D eigenvalue weighted by Gasteiger charge is -2.17. The van der Waals surface area contributed by atoms with Gasteiger partial charge < -0.3 is 20.0 Å². The fourth-order valence-corrected chi connectivity index (χ4v) is 3.22. The third-order valence-electron chi connectivity index (χ3n) is 4.67. The van der Waals surface area contributed by atoms with E-state index in [0.29, 0.717) is 11.6 Å². The molecule has 2 N–H and O–H groups in total. The van der Waals surface area contributed by atoms with Crippen LogP contribution < -0.4 is 15.5 Å². The van der Waals surface area contributed by atoms with E-state index in [1.165, 1.54) is 18.9 Å². The first-order valence-electron chi connectivity index (χ1n) is 9.51. The van der Waals surface area contributed by atoms with Crippen molar-refractivity contribution in [3.05, 3.63) is 64.0 Å². The van der Waals surface area contributed by atoms with E-state index in [0.717, 1.165) is 36.4 Å². The average Bonchev–Trinajstić information content (AvgIpc) is 3.41. The Morgan fingerprint density at radius 1 is 1.10 bits per heavy atom. The van der Waals surface area contributed by atoms with Gasteiger partial charge in [0.25, 0.3) is 5.91 Å². The summed E-state index contributed by atoms with van der Waals surface area (Å²) in [6.45, 7) is 3.94. The highest BCUT2D eigenvalue weighted by molar-refractivity contribution is 6.02. The Kier molecular flexibility index (Phi) is 5.29. The van der Waals surface area contributed by atoms with Crippen LogP contribution in [0.3, 0.4) is 0 Å². The summed E-state index contributed by atoms with van der Waals surface area (Å²) < 4.78 is 4.90. The maximum Gasteiger partial charge on any atom is 0.433 e. The zero-order chi connectivity index (χ0) is 21.1. The molecule has 30 heavy (non-hydrogen) atoms. The van der Waals surface area contributed by atoms with Crippen molar-refractivity contribution in [2.24, 2.45) is 0 Å². The topological polar surface area (TPSA) is 126 Å². The predicted octanol–water partition coefficient (Wildman–Crippen LogP) is 3.88. The van der Waals surface area contributed by atoms with Crippen LogP contribution in [-0.4, -0.2) is 33.9 Å². The third kappa shape index (κ3) is 4.37. The van der Waals surface area contributed by atoms with Crippen molar-refractivity contribution in [1.29, 1.82) is 0 Å². The fraction of sp³-hybridized carbons (Fsp3) is 0.250. The molecule has 0 radical (unpaired) electrons. The number of carbonyl (C=O) groups excluding carboxylic acids is 1. The lowest BCUT2D eigenvalue weighted by Crippen LogP contribution is -2.19. The molecular formula is C20H20N6O4. The number of hydrogen-bond donors (Lipinski definition) is 2. The number of furan rings is 1. The number of hydrogen-bond acceptors (Lipinski definition) is 8. The highest BCUT2D eigenvalue weighted by Gasteiger charge is 2.18. The van der Waals surface area contributed by atoms with E-state index < -0.39 is 16.7 Å². The van der Waals surface area contributed by atoms with E-state index in [-0.39, 0.29) is 5.76 Å². The van der Waals surface area contributed by atoms with Crippen molar-refractivity contribution < 1.29 is 14.1 Å². The molecule has 0 bridgehead atoms. The van der Waals surface area contributed by atoms with E-state index in [1.54, 1.807) is 24.3 Å². The van der Waals surface area contributed by atoms with Gasteiger partial charge in [0.15, 0.2) is 5.76 Å². The van der Waals surface area contributed by atoms with Gasteiger partial charge in [-0.1, -0.05) is 0 Å². The quantitative estimate of drug-likeness (QED) is 0.465. The summed E-state index contributed by atoms with van der Waals surface area (Å²) >= 11 is 0. The highest BCUT2D eigenvalue weighted by atomic mass is 16.6. The number of aromatic nitrogens is 2. The van der Waals surface area contributed by atoms with E-state index >= 15 is 0 Å². The van der Waals surface area contributed by atoms with Crippen LogP contribution in [0.25, 0.3) is 0 Å². The molecule has 1 aliphatic rings. The molecule has 10 nitrogen and oxygen atoms in total. The number of nitrogens with one attached hydrogen (secondary N) is 2. The Hall–Kier alpha value is -3.95. The molecule has 4 rings (SSSR count). The van der Waals surface area contributed by atoms with Gasteiger partial charge in [-0.15, -0.1) is 0 Å². The van der Waals surface area contributed by atoms with Gasteiger partial charge >= 0.3 is 5.88 Å². The largest absolute Gasteiger partial charge is 0.433 e. The van der Waals surface area contributed by atoms with Crippen LogP contribution in [0, 0.1) is 17.0 Å². The fourth-order valence-electron chi connectivity index (χ4n) is 3.22. The predicted molar refractivity (Wildman–Crippen MR) is 111 cm³/mol. The minimum atomic E-state index is -0.695. The van der Waals surface area contributed by atoms with Gasteiger partial charge in [0.05, 0.1) is 6.07 Å². The first-order chi connectivity index (χ1) is 14.5. The SMILES string of the molecule is Cc1cc(N2CCCC2)nc(Nc2ccc(NC(=O)c3ccc([N+](=O)[O-])o3)cc2)n1. The molecule has 3 aromatic rings. The number of nitro groups is 1. The third-order valence-corrected chi connectivity index (χ3v) is 4.67. The Bertz CT molecular complexity index is 1070. The summed E-state index contributed by atoms with van der Waals surface area (Å²) in [5, 5.41) is 16.5. The normalized spacial score (nSPS) is 13.3. The van der Waals surface area contributed by atoms with Crippen LogP contribution in [0.4, 0.5) is 29.0 Å². The Labute approximate surface area is 172 Å². The molecule has 1 aliphatic heterocycles. The Morgan fingerprint density at radius 3 is 2.47 bits per heavy atom. The molecule has 154 valence electrons. The van der Waals surface area contributed by atoms with Crippen LogP contribution >= 0.6 is 0 Å². The molecule has 1 aromatic carbocycles. The molecule has 0 unspecified atom stereocenters. The number of amides is 1. The maximum atomic E-state index is 12.2. The first-order valence-corrected chi connectivity index (χ1v) is 9.51. The summed E-state index contributed by atoms with van der Waals surface area (Å²) in [6.07, 6.45) is 2.34. The molecule has 1 amide bonds. The Balaban J connectivity index is 1.42. The lowest BCUT2D eigenvalue weighted by atomic mass is 10.2. The van der Waals surface area contributed by atoms with Gasteiger partial charge in [0, 0.05) is 36.2 Å². The zero-order valence-corrected chi connectivity index (χ0v) is 16.3. The summed E-state index contributed by atoms with van der Waals surface area (Å²) in [4.78, 5) is 33.4. The van der Waals surface area contributed by atoms with E-state index in [9.17, 15) is 14.9 Å². The van der Waals surface area contributed by atoms with Crippen molar-refractivity contribution in [1.82, 2.24) is 9.97 Å². The second kappa shape index (κ2) is 8.19. The molecule has 0 saturated carbocycles. The van der Waals surface area contributed by atoms with Gasteiger partial charge in [0.1, 0.15) is 10.7 Å². The van der Waals surface area contributed by atoms with Gasteiger partial charge in [0.2, 0.25) is 5.95 Å². The minimum absolute atomic E-state index is 0.133. The van der Waals surface area contributed by atoms with Crippen molar-refractivity contribution in [2.75, 3.05) is 28.6 Å². The summed E-state index contributed by atoms with van der Waals surface area (Å²) in [6, 6.07) is 11.3. The van der Waals surface area contributed by atoms with Gasteiger partial charge in [-0.25, -0.2) is 4.98 Å². The zero-order valence-electron chi connectivity index (χ0n) is 16.3. The van der Waals surface area contributed by atoms with Gasteiger partial charge in [-0.05, 0) is 50.1 Å². The second-order valence-electron chi connectivity index (χ2n) is 6.94. The van der Waals surface area contributed by atoms with Crippen molar-refractivity contribution >= 4 is 34.9 Å². The maximum absolute atomic E-state index is 12.2. The van der Waals surface area contributed by atoms with Crippen LogP contribution in [-0.2, 0) is 0 Å². The first kappa shape index (κ1) is 19.4. The van der Waals surface area contributed by atoms with Gasteiger partial charge in [-0.3, -0.25) is 14.9 Å².